The molecule has 0 aliphatic heterocycles. The molecule has 0 spiro atoms. The first kappa shape index (κ1) is 22.4. The van der Waals surface area contributed by atoms with E-state index >= 15 is 0 Å². The minimum atomic E-state index is -0.846. The molecule has 0 atom stereocenters. The van der Waals surface area contributed by atoms with Gasteiger partial charge < -0.3 is 20.1 Å². The molecule has 0 saturated carbocycles. The number of aromatic hydroxyl groups is 1. The Balaban J connectivity index is 1.88. The number of nitrogens with zero attached hydrogens (tertiary/aromatic N) is 2. The molecule has 6 nitrogen and oxygen atoms in total. The van der Waals surface area contributed by atoms with Gasteiger partial charge in [-0.25, -0.2) is 4.99 Å². The molecule has 3 N–H and O–H groups in total. The molecule has 1 aromatic heterocycles. The number of hydrogen-bond donors (Lipinski definition) is 3. The summed E-state index contributed by atoms with van der Waals surface area (Å²) >= 11 is 6.14. The van der Waals surface area contributed by atoms with Gasteiger partial charge in [0, 0.05) is 42.2 Å². The van der Waals surface area contributed by atoms with E-state index in [1.54, 1.807) is 12.1 Å². The van der Waals surface area contributed by atoms with E-state index in [0.29, 0.717) is 28.2 Å². The van der Waals surface area contributed by atoms with Crippen LogP contribution in [0.15, 0.2) is 71.7 Å². The van der Waals surface area contributed by atoms with E-state index in [1.807, 2.05) is 73.6 Å². The highest BCUT2D eigenvalue weighted by Gasteiger charge is 2.19. The molecule has 4 rings (SSSR count). The topological polar surface area (TPSA) is 88.9 Å². The first-order valence-electron chi connectivity index (χ1n) is 10.5. The summed E-state index contributed by atoms with van der Waals surface area (Å²) in [6, 6.07) is 20.8. The third kappa shape index (κ3) is 5.02. The maximum atomic E-state index is 11.0. The van der Waals surface area contributed by atoms with Crippen molar-refractivity contribution in [1.29, 1.82) is 0 Å². The maximum absolute atomic E-state index is 11.0. The number of fused-ring (bicyclic) bond motifs is 1. The van der Waals surface area contributed by atoms with Crippen molar-refractivity contribution in [3.8, 4) is 5.88 Å². The molecular weight excluding hydrogens is 438 g/mol. The number of nitrogens with one attached hydrogen (secondary N) is 1. The van der Waals surface area contributed by atoms with Crippen LogP contribution in [0.3, 0.4) is 0 Å². The monoisotopic (exact) mass is 461 g/mol. The van der Waals surface area contributed by atoms with Gasteiger partial charge in [-0.1, -0.05) is 35.9 Å². The van der Waals surface area contributed by atoms with Crippen LogP contribution in [0.5, 0.6) is 5.88 Å². The van der Waals surface area contributed by atoms with Crippen LogP contribution in [-0.2, 0) is 11.2 Å². The number of rotatable bonds is 7. The lowest BCUT2D eigenvalue weighted by Crippen LogP contribution is -2.08. The lowest BCUT2D eigenvalue weighted by Gasteiger charge is -2.13. The summed E-state index contributed by atoms with van der Waals surface area (Å²) in [6.45, 7) is 0. The SMILES string of the molecule is CN(C)c1ccc(N=C(c2cccc(CCC(=O)O)c2)c2c(O)[nH]c3cc(Cl)ccc23)cc1. The molecule has 0 aliphatic carbocycles. The van der Waals surface area contributed by atoms with Crippen LogP contribution in [-0.4, -0.2) is 41.0 Å². The Labute approximate surface area is 196 Å². The predicted molar refractivity (Wildman–Crippen MR) is 133 cm³/mol. The van der Waals surface area contributed by atoms with Gasteiger partial charge >= 0.3 is 5.97 Å². The fraction of sp³-hybridized carbons (Fsp3) is 0.154. The number of carboxylic acids is 1. The van der Waals surface area contributed by atoms with Gasteiger partial charge in [-0.15, -0.1) is 0 Å². The normalized spacial score (nSPS) is 11.7. The van der Waals surface area contributed by atoms with E-state index in [4.69, 9.17) is 21.7 Å². The highest BCUT2D eigenvalue weighted by molar-refractivity contribution is 6.31. The van der Waals surface area contributed by atoms with Gasteiger partial charge in [0.05, 0.1) is 22.5 Å². The van der Waals surface area contributed by atoms with Crippen molar-refractivity contribution in [2.75, 3.05) is 19.0 Å². The van der Waals surface area contributed by atoms with Crippen LogP contribution in [0.4, 0.5) is 11.4 Å². The first-order valence-corrected chi connectivity index (χ1v) is 10.9. The Morgan fingerprint density at radius 2 is 1.82 bits per heavy atom. The van der Waals surface area contributed by atoms with E-state index in [2.05, 4.69) is 4.98 Å². The average Bonchev–Trinajstić information content (AvgIpc) is 3.11. The Morgan fingerprint density at radius 1 is 1.06 bits per heavy atom. The second kappa shape index (κ2) is 9.38. The fourth-order valence-corrected chi connectivity index (χ4v) is 3.91. The minimum Gasteiger partial charge on any atom is -0.494 e. The molecule has 7 heteroatoms. The van der Waals surface area contributed by atoms with Gasteiger partial charge in [-0.05, 0) is 54.4 Å². The summed E-state index contributed by atoms with van der Waals surface area (Å²) in [4.78, 5) is 20.9. The first-order chi connectivity index (χ1) is 15.8. The number of hydrogen-bond acceptors (Lipinski definition) is 4. The van der Waals surface area contributed by atoms with E-state index in [1.165, 1.54) is 0 Å². The molecule has 1 heterocycles. The average molecular weight is 462 g/mol. The number of aryl methyl sites for hydroxylation is 1. The van der Waals surface area contributed by atoms with Gasteiger partial charge in [0.15, 0.2) is 5.88 Å². The van der Waals surface area contributed by atoms with Gasteiger partial charge in [0.2, 0.25) is 0 Å². The van der Waals surface area contributed by atoms with Gasteiger partial charge in [0.1, 0.15) is 0 Å². The Bertz CT molecular complexity index is 1340. The second-order valence-electron chi connectivity index (χ2n) is 8.00. The highest BCUT2D eigenvalue weighted by Crippen LogP contribution is 2.33. The van der Waals surface area contributed by atoms with Crippen molar-refractivity contribution < 1.29 is 15.0 Å². The van der Waals surface area contributed by atoms with Crippen molar-refractivity contribution in [2.45, 2.75) is 12.8 Å². The van der Waals surface area contributed by atoms with Crippen LogP contribution >= 0.6 is 11.6 Å². The Hall–Kier alpha value is -3.77. The van der Waals surface area contributed by atoms with Crippen LogP contribution < -0.4 is 4.90 Å². The molecule has 4 aromatic rings. The molecule has 33 heavy (non-hydrogen) atoms. The number of H-pyrrole nitrogens is 1. The summed E-state index contributed by atoms with van der Waals surface area (Å²) in [5.74, 6) is -0.853. The molecule has 0 aliphatic rings. The molecule has 0 amide bonds. The summed E-state index contributed by atoms with van der Waals surface area (Å²) in [7, 11) is 3.95. The number of aliphatic carboxylic acids is 1. The molecular formula is C26H24ClN3O3. The zero-order chi connectivity index (χ0) is 23.5. The zero-order valence-corrected chi connectivity index (χ0v) is 19.1. The lowest BCUT2D eigenvalue weighted by molar-refractivity contribution is -0.136. The van der Waals surface area contributed by atoms with Crippen molar-refractivity contribution in [1.82, 2.24) is 4.98 Å². The van der Waals surface area contributed by atoms with Gasteiger partial charge in [0.25, 0.3) is 0 Å². The highest BCUT2D eigenvalue weighted by atomic mass is 35.5. The predicted octanol–water partition coefficient (Wildman–Crippen LogP) is 5.78. The van der Waals surface area contributed by atoms with Crippen LogP contribution in [0.1, 0.15) is 23.1 Å². The van der Waals surface area contributed by atoms with E-state index in [-0.39, 0.29) is 12.3 Å². The van der Waals surface area contributed by atoms with Crippen molar-refractivity contribution >= 4 is 45.6 Å². The fourth-order valence-electron chi connectivity index (χ4n) is 3.74. The van der Waals surface area contributed by atoms with Gasteiger partial charge in [-0.3, -0.25) is 4.79 Å². The molecule has 0 bridgehead atoms. The summed E-state index contributed by atoms with van der Waals surface area (Å²) in [6.07, 6.45) is 0.447. The number of halogens is 1. The third-order valence-electron chi connectivity index (χ3n) is 5.41. The molecule has 0 unspecified atom stereocenters. The third-order valence-corrected chi connectivity index (χ3v) is 5.65. The number of aromatic amines is 1. The minimum absolute atomic E-state index is 0.00753. The van der Waals surface area contributed by atoms with Crippen molar-refractivity contribution in [3.63, 3.8) is 0 Å². The number of benzene rings is 3. The summed E-state index contributed by atoms with van der Waals surface area (Å²) < 4.78 is 0. The Kier molecular flexibility index (Phi) is 6.38. The van der Waals surface area contributed by atoms with Crippen molar-refractivity contribution in [3.05, 3.63) is 88.4 Å². The Morgan fingerprint density at radius 3 is 2.52 bits per heavy atom. The number of carbonyl (C=O) groups is 1. The number of aliphatic imine (C=N–C) groups is 1. The molecule has 0 radical (unpaired) electrons. The number of anilines is 1. The van der Waals surface area contributed by atoms with E-state index in [9.17, 15) is 9.90 Å². The van der Waals surface area contributed by atoms with Crippen LogP contribution in [0, 0.1) is 0 Å². The molecule has 168 valence electrons. The summed E-state index contributed by atoms with van der Waals surface area (Å²) in [5.41, 5.74) is 5.29. The van der Waals surface area contributed by atoms with E-state index < -0.39 is 5.97 Å². The second-order valence-corrected chi connectivity index (χ2v) is 8.44. The standard InChI is InChI=1S/C26H24ClN3O3/c1-30(2)20-10-8-19(9-11-20)28-25(17-5-3-4-16(14-17)6-13-23(31)32)24-21-12-7-18(27)15-22(21)29-26(24)33/h3-5,7-12,14-15,29,33H,6,13H2,1-2H3,(H,31,32). The van der Waals surface area contributed by atoms with Crippen LogP contribution in [0.2, 0.25) is 5.02 Å². The quantitative estimate of drug-likeness (QED) is 0.304. The summed E-state index contributed by atoms with van der Waals surface area (Å²) in [5, 5.41) is 21.2. The molecule has 0 saturated heterocycles. The van der Waals surface area contributed by atoms with Gasteiger partial charge in [-0.2, -0.15) is 0 Å². The largest absolute Gasteiger partial charge is 0.494 e. The smallest absolute Gasteiger partial charge is 0.303 e. The zero-order valence-electron chi connectivity index (χ0n) is 18.3. The van der Waals surface area contributed by atoms with Crippen LogP contribution in [0.25, 0.3) is 10.9 Å². The maximum Gasteiger partial charge on any atom is 0.303 e. The van der Waals surface area contributed by atoms with Crippen molar-refractivity contribution in [2.24, 2.45) is 4.99 Å². The molecule has 3 aromatic carbocycles. The number of aromatic nitrogens is 1. The van der Waals surface area contributed by atoms with E-state index in [0.717, 1.165) is 27.9 Å². The lowest BCUT2D eigenvalue weighted by atomic mass is 9.97. The number of carboxylic acid groups (broad SMARTS) is 1. The molecule has 0 fully saturated rings.